The van der Waals surface area contributed by atoms with Crippen molar-refractivity contribution in [1.29, 1.82) is 0 Å². The average molecular weight is 483 g/mol. The molecule has 3 heteroatoms. The van der Waals surface area contributed by atoms with Crippen molar-refractivity contribution >= 4 is 29.3 Å². The van der Waals surface area contributed by atoms with E-state index in [-0.39, 0.29) is 5.78 Å². The van der Waals surface area contributed by atoms with E-state index in [1.165, 1.54) is 33.6 Å². The van der Waals surface area contributed by atoms with Crippen molar-refractivity contribution in [2.45, 2.75) is 54.4 Å². The first-order valence-electron chi connectivity index (χ1n) is 13.4. The highest BCUT2D eigenvalue weighted by Crippen LogP contribution is 2.27. The minimum atomic E-state index is 0.173. The van der Waals surface area contributed by atoms with Crippen LogP contribution in [0.15, 0.2) is 71.8 Å². The maximum atomic E-state index is 12.9. The van der Waals surface area contributed by atoms with Gasteiger partial charge in [0.05, 0.1) is 0 Å². The van der Waals surface area contributed by atoms with Gasteiger partial charge in [0.2, 0.25) is 0 Å². The molecule has 0 atom stereocenters. The Kier molecular flexibility index (Phi) is 9.93. The molecule has 1 aliphatic rings. The summed E-state index contributed by atoms with van der Waals surface area (Å²) < 4.78 is 0. The fourth-order valence-corrected chi connectivity index (χ4v) is 4.82. The Morgan fingerprint density at radius 1 is 0.667 bits per heavy atom. The molecule has 3 nitrogen and oxygen atoms in total. The molecule has 1 fully saturated rings. The van der Waals surface area contributed by atoms with Gasteiger partial charge < -0.3 is 9.80 Å². The number of rotatable bonds is 10. The van der Waals surface area contributed by atoms with Crippen molar-refractivity contribution in [2.75, 3.05) is 36.0 Å². The first-order valence-corrected chi connectivity index (χ1v) is 13.4. The second kappa shape index (κ2) is 13.1. The lowest BCUT2D eigenvalue weighted by Gasteiger charge is -2.21. The fraction of sp³-hybridized carbons (Fsp3) is 0.364. The first-order chi connectivity index (χ1) is 17.4. The van der Waals surface area contributed by atoms with Crippen LogP contribution in [0.1, 0.15) is 62.8 Å². The van der Waals surface area contributed by atoms with Crippen LogP contribution in [0.25, 0.3) is 12.2 Å². The van der Waals surface area contributed by atoms with E-state index < -0.39 is 0 Å². The normalized spacial score (nSPS) is 16.2. The summed E-state index contributed by atoms with van der Waals surface area (Å²) in [5, 5.41) is 0. The molecule has 3 rings (SSSR count). The molecular weight excluding hydrogens is 440 g/mol. The van der Waals surface area contributed by atoms with Crippen molar-refractivity contribution in [1.82, 2.24) is 0 Å². The largest absolute Gasteiger partial charge is 0.372 e. The Morgan fingerprint density at radius 2 is 1.06 bits per heavy atom. The average Bonchev–Trinajstić information content (AvgIpc) is 3.22. The number of anilines is 2. The van der Waals surface area contributed by atoms with E-state index in [4.69, 9.17) is 0 Å². The number of ketones is 1. The lowest BCUT2D eigenvalue weighted by atomic mass is 10.1. The third-order valence-corrected chi connectivity index (χ3v) is 7.16. The number of allylic oxidation sites excluding steroid dienone is 6. The summed E-state index contributed by atoms with van der Waals surface area (Å²) in [4.78, 5) is 17.6. The molecule has 0 radical (unpaired) electrons. The van der Waals surface area contributed by atoms with E-state index in [2.05, 4.69) is 99.9 Å². The molecule has 0 aliphatic heterocycles. The van der Waals surface area contributed by atoms with Gasteiger partial charge >= 0.3 is 0 Å². The van der Waals surface area contributed by atoms with Crippen LogP contribution >= 0.6 is 0 Å². The zero-order valence-corrected chi connectivity index (χ0v) is 23.0. The van der Waals surface area contributed by atoms with Crippen molar-refractivity contribution < 1.29 is 4.79 Å². The predicted octanol–water partition coefficient (Wildman–Crippen LogP) is 7.94. The zero-order valence-electron chi connectivity index (χ0n) is 23.0. The molecule has 0 aromatic heterocycles. The van der Waals surface area contributed by atoms with Crippen molar-refractivity contribution in [2.24, 2.45) is 0 Å². The van der Waals surface area contributed by atoms with Crippen molar-refractivity contribution in [3.63, 3.8) is 0 Å². The molecular formula is C33H42N2O. The third-order valence-electron chi connectivity index (χ3n) is 7.16. The standard InChI is InChI=1S/C33H42N2O/c1-7-34(8-2)31-21-19-27(25(5)23-31)13-11-15-29-17-18-30(33(29)36)16-12-14-28-20-22-32(24-26(28)6)35(9-3)10-4/h11-16,19-24H,7-10,17-18H2,1-6H3/b13-11+,14-12+,29-15+,30-16+. The van der Waals surface area contributed by atoms with E-state index >= 15 is 0 Å². The number of nitrogens with zero attached hydrogens (tertiary/aromatic N) is 2. The lowest BCUT2D eigenvalue weighted by Crippen LogP contribution is -2.21. The van der Waals surface area contributed by atoms with Crippen molar-refractivity contribution in [3.8, 4) is 0 Å². The van der Waals surface area contributed by atoms with Gasteiger partial charge in [0.25, 0.3) is 0 Å². The summed E-state index contributed by atoms with van der Waals surface area (Å²) in [7, 11) is 0. The Labute approximate surface area is 218 Å². The topological polar surface area (TPSA) is 23.6 Å². The number of hydrogen-bond acceptors (Lipinski definition) is 3. The maximum Gasteiger partial charge on any atom is 0.185 e. The molecule has 0 heterocycles. The molecule has 0 spiro atoms. The minimum absolute atomic E-state index is 0.173. The van der Waals surface area contributed by atoms with Crippen LogP contribution in [-0.4, -0.2) is 32.0 Å². The van der Waals surface area contributed by atoms with Gasteiger partial charge in [-0.25, -0.2) is 0 Å². The van der Waals surface area contributed by atoms with Gasteiger partial charge in [-0.05, 0) is 101 Å². The first kappa shape index (κ1) is 27.3. The fourth-order valence-electron chi connectivity index (χ4n) is 4.82. The summed E-state index contributed by atoms with van der Waals surface area (Å²) in [5.41, 5.74) is 9.18. The van der Waals surface area contributed by atoms with Crippen LogP contribution in [-0.2, 0) is 4.79 Å². The Hall–Kier alpha value is -3.33. The molecule has 0 N–H and O–H groups in total. The van der Waals surface area contributed by atoms with E-state index in [0.29, 0.717) is 0 Å². The van der Waals surface area contributed by atoms with Gasteiger partial charge in [0.15, 0.2) is 5.78 Å². The number of Topliss-reactive ketones (excluding diaryl/α,β-unsaturated/α-hetero) is 1. The molecule has 0 unspecified atom stereocenters. The molecule has 0 bridgehead atoms. The van der Waals surface area contributed by atoms with Crippen LogP contribution in [0.4, 0.5) is 11.4 Å². The zero-order chi connectivity index (χ0) is 26.1. The number of benzene rings is 2. The summed E-state index contributed by atoms with van der Waals surface area (Å²) in [5.74, 6) is 0.173. The Balaban J connectivity index is 1.65. The number of carbonyl (C=O) groups excluding carboxylic acids is 1. The SMILES string of the molecule is CCN(CC)c1ccc(/C=C/C=C2\CC/C(=C\C=C\c3ccc(N(CC)CC)cc3C)C2=O)c(C)c1. The molecule has 1 saturated carbocycles. The summed E-state index contributed by atoms with van der Waals surface area (Å²) >= 11 is 0. The van der Waals surface area contributed by atoms with Gasteiger partial charge in [0.1, 0.15) is 0 Å². The predicted molar refractivity (Wildman–Crippen MR) is 158 cm³/mol. The van der Waals surface area contributed by atoms with E-state index in [1.807, 2.05) is 24.3 Å². The highest BCUT2D eigenvalue weighted by molar-refractivity contribution is 6.11. The van der Waals surface area contributed by atoms with E-state index in [9.17, 15) is 4.79 Å². The lowest BCUT2D eigenvalue weighted by molar-refractivity contribution is -0.111. The summed E-state index contributed by atoms with van der Waals surface area (Å²) in [6.07, 6.45) is 13.8. The minimum Gasteiger partial charge on any atom is -0.372 e. The molecule has 0 amide bonds. The highest BCUT2D eigenvalue weighted by atomic mass is 16.1. The summed E-state index contributed by atoms with van der Waals surface area (Å²) in [6.45, 7) is 17.0. The van der Waals surface area contributed by atoms with E-state index in [0.717, 1.165) is 50.2 Å². The molecule has 2 aromatic rings. The molecule has 190 valence electrons. The van der Waals surface area contributed by atoms with E-state index in [1.54, 1.807) is 0 Å². The number of aryl methyl sites for hydroxylation is 2. The Morgan fingerprint density at radius 3 is 1.39 bits per heavy atom. The maximum absolute atomic E-state index is 12.9. The van der Waals surface area contributed by atoms with Crippen LogP contribution < -0.4 is 9.80 Å². The number of carbonyl (C=O) groups is 1. The van der Waals surface area contributed by atoms with Crippen LogP contribution in [0.2, 0.25) is 0 Å². The molecule has 1 aliphatic carbocycles. The van der Waals surface area contributed by atoms with Crippen LogP contribution in [0.5, 0.6) is 0 Å². The van der Waals surface area contributed by atoms with Gasteiger partial charge in [-0.15, -0.1) is 0 Å². The molecule has 2 aromatic carbocycles. The smallest absolute Gasteiger partial charge is 0.185 e. The highest BCUT2D eigenvalue weighted by Gasteiger charge is 2.21. The van der Waals surface area contributed by atoms with Gasteiger partial charge in [0, 0.05) is 48.7 Å². The second-order valence-electron chi connectivity index (χ2n) is 9.36. The van der Waals surface area contributed by atoms with Gasteiger partial charge in [-0.1, -0.05) is 48.6 Å². The van der Waals surface area contributed by atoms with Crippen LogP contribution in [0, 0.1) is 13.8 Å². The van der Waals surface area contributed by atoms with Gasteiger partial charge in [-0.3, -0.25) is 4.79 Å². The van der Waals surface area contributed by atoms with Crippen molar-refractivity contribution in [3.05, 3.63) is 94.1 Å². The quantitative estimate of drug-likeness (QED) is 0.321. The van der Waals surface area contributed by atoms with Gasteiger partial charge in [-0.2, -0.15) is 0 Å². The molecule has 36 heavy (non-hydrogen) atoms. The number of hydrogen-bond donors (Lipinski definition) is 0. The van der Waals surface area contributed by atoms with Crippen LogP contribution in [0.3, 0.4) is 0 Å². The Bertz CT molecular complexity index is 1080. The third kappa shape index (κ3) is 6.66. The summed E-state index contributed by atoms with van der Waals surface area (Å²) in [6, 6.07) is 13.2. The monoisotopic (exact) mass is 482 g/mol. The molecule has 0 saturated heterocycles. The second-order valence-corrected chi connectivity index (χ2v) is 9.36.